The molecule has 3 rings (SSSR count). The highest BCUT2D eigenvalue weighted by molar-refractivity contribution is 5.97. The second-order valence-electron chi connectivity index (χ2n) is 6.87. The number of methoxy groups -OCH3 is 1. The number of hydrogen-bond donors (Lipinski definition) is 0. The molecule has 0 aromatic heterocycles. The van der Waals surface area contributed by atoms with Crippen molar-refractivity contribution in [3.63, 3.8) is 0 Å². The van der Waals surface area contributed by atoms with Gasteiger partial charge in [-0.3, -0.25) is 4.79 Å². The number of hydrogen-bond acceptors (Lipinski definition) is 2. The van der Waals surface area contributed by atoms with Crippen LogP contribution >= 0.6 is 0 Å². The van der Waals surface area contributed by atoms with E-state index in [0.717, 1.165) is 30.9 Å². The Balaban J connectivity index is 1.64. The summed E-state index contributed by atoms with van der Waals surface area (Å²) in [4.78, 5) is 14.5. The molecule has 0 bridgehead atoms. The zero-order valence-electron chi connectivity index (χ0n) is 15.2. The predicted molar refractivity (Wildman–Crippen MR) is 96.3 cm³/mol. The first-order chi connectivity index (χ1) is 13.0. The maximum atomic E-state index is 13.9. The zero-order chi connectivity index (χ0) is 19.4. The van der Waals surface area contributed by atoms with Crippen molar-refractivity contribution in [2.75, 3.05) is 20.2 Å². The molecule has 1 aliphatic rings. The molecule has 0 N–H and O–H groups in total. The van der Waals surface area contributed by atoms with Crippen molar-refractivity contribution in [2.24, 2.45) is 5.92 Å². The summed E-state index contributed by atoms with van der Waals surface area (Å²) in [6.45, 7) is 1.17. The van der Waals surface area contributed by atoms with Crippen LogP contribution in [0.2, 0.25) is 0 Å². The van der Waals surface area contributed by atoms with Crippen LogP contribution in [0.4, 0.5) is 13.2 Å². The van der Waals surface area contributed by atoms with Gasteiger partial charge in [0.1, 0.15) is 0 Å². The molecule has 1 saturated heterocycles. The van der Waals surface area contributed by atoms with Crippen LogP contribution in [-0.4, -0.2) is 31.0 Å². The molecule has 0 spiro atoms. The molecule has 27 heavy (non-hydrogen) atoms. The van der Waals surface area contributed by atoms with E-state index in [1.165, 1.54) is 25.3 Å². The van der Waals surface area contributed by atoms with Crippen LogP contribution in [0.25, 0.3) is 0 Å². The molecule has 144 valence electrons. The van der Waals surface area contributed by atoms with E-state index < -0.39 is 17.5 Å². The first kappa shape index (κ1) is 19.3. The summed E-state index contributed by atoms with van der Waals surface area (Å²) >= 11 is 0. The SMILES string of the molecule is COc1c(F)cccc1C(=O)N1CCC[C@@H](CCc2ccc(F)c(F)c2)C1. The smallest absolute Gasteiger partial charge is 0.257 e. The number of halogens is 3. The second kappa shape index (κ2) is 8.46. The van der Waals surface area contributed by atoms with E-state index in [4.69, 9.17) is 4.74 Å². The normalized spacial score (nSPS) is 17.0. The summed E-state index contributed by atoms with van der Waals surface area (Å²) in [7, 11) is 1.34. The summed E-state index contributed by atoms with van der Waals surface area (Å²) < 4.78 is 45.3. The first-order valence-electron chi connectivity index (χ1n) is 9.05. The van der Waals surface area contributed by atoms with Crippen molar-refractivity contribution >= 4 is 5.91 Å². The Labute approximate surface area is 156 Å². The van der Waals surface area contributed by atoms with Gasteiger partial charge in [-0.25, -0.2) is 13.2 Å². The molecule has 6 heteroatoms. The Morgan fingerprint density at radius 2 is 1.96 bits per heavy atom. The van der Waals surface area contributed by atoms with E-state index in [0.29, 0.717) is 19.5 Å². The zero-order valence-corrected chi connectivity index (χ0v) is 15.2. The minimum absolute atomic E-state index is 0.0357. The van der Waals surface area contributed by atoms with Gasteiger partial charge in [0, 0.05) is 13.1 Å². The fourth-order valence-corrected chi connectivity index (χ4v) is 3.61. The number of rotatable bonds is 5. The lowest BCUT2D eigenvalue weighted by molar-refractivity contribution is 0.0664. The lowest BCUT2D eigenvalue weighted by Gasteiger charge is -2.33. The van der Waals surface area contributed by atoms with Crippen molar-refractivity contribution in [3.8, 4) is 5.75 Å². The van der Waals surface area contributed by atoms with Crippen LogP contribution in [0.5, 0.6) is 5.75 Å². The van der Waals surface area contributed by atoms with E-state index in [1.54, 1.807) is 17.0 Å². The van der Waals surface area contributed by atoms with Gasteiger partial charge in [-0.15, -0.1) is 0 Å². The van der Waals surface area contributed by atoms with Gasteiger partial charge in [0.25, 0.3) is 5.91 Å². The quantitative estimate of drug-likeness (QED) is 0.762. The van der Waals surface area contributed by atoms with Crippen molar-refractivity contribution in [1.29, 1.82) is 0 Å². The summed E-state index contributed by atoms with van der Waals surface area (Å²) in [6, 6.07) is 8.26. The van der Waals surface area contributed by atoms with E-state index in [-0.39, 0.29) is 23.1 Å². The predicted octanol–water partition coefficient (Wildman–Crippen LogP) is 4.60. The van der Waals surface area contributed by atoms with Gasteiger partial charge >= 0.3 is 0 Å². The summed E-state index contributed by atoms with van der Waals surface area (Å²) in [6.07, 6.45) is 3.21. The maximum Gasteiger partial charge on any atom is 0.257 e. The van der Waals surface area contributed by atoms with E-state index in [2.05, 4.69) is 0 Å². The van der Waals surface area contributed by atoms with Crippen LogP contribution in [0.1, 0.15) is 35.2 Å². The molecule has 0 saturated carbocycles. The highest BCUT2D eigenvalue weighted by Crippen LogP contribution is 2.27. The Hall–Kier alpha value is -2.50. The van der Waals surface area contributed by atoms with Gasteiger partial charge in [0.2, 0.25) is 0 Å². The molecule has 1 atom stereocenters. The molecule has 1 aliphatic heterocycles. The fourth-order valence-electron chi connectivity index (χ4n) is 3.61. The number of likely N-dealkylation sites (tertiary alicyclic amines) is 1. The molecule has 2 aromatic rings. The molecular weight excluding hydrogens is 355 g/mol. The maximum absolute atomic E-state index is 13.9. The summed E-state index contributed by atoms with van der Waals surface area (Å²) in [5.41, 5.74) is 0.961. The number of amides is 1. The number of aryl methyl sites for hydroxylation is 1. The number of carbonyl (C=O) groups is 1. The molecule has 3 nitrogen and oxygen atoms in total. The minimum Gasteiger partial charge on any atom is -0.493 e. The topological polar surface area (TPSA) is 29.5 Å². The number of benzene rings is 2. The molecule has 0 unspecified atom stereocenters. The summed E-state index contributed by atoms with van der Waals surface area (Å²) in [5.74, 6) is -2.27. The Bertz CT molecular complexity index is 825. The van der Waals surface area contributed by atoms with Gasteiger partial charge in [-0.2, -0.15) is 0 Å². The third kappa shape index (κ3) is 4.43. The van der Waals surface area contributed by atoms with Crippen LogP contribution < -0.4 is 4.74 Å². The number of para-hydroxylation sites is 1. The lowest BCUT2D eigenvalue weighted by atomic mass is 9.91. The van der Waals surface area contributed by atoms with Crippen molar-refractivity contribution in [2.45, 2.75) is 25.7 Å². The molecule has 1 amide bonds. The van der Waals surface area contributed by atoms with Crippen molar-refractivity contribution in [3.05, 3.63) is 65.0 Å². The average molecular weight is 377 g/mol. The third-order valence-corrected chi connectivity index (χ3v) is 5.03. The largest absolute Gasteiger partial charge is 0.493 e. The van der Waals surface area contributed by atoms with Crippen molar-refractivity contribution < 1.29 is 22.7 Å². The molecule has 0 aliphatic carbocycles. The summed E-state index contributed by atoms with van der Waals surface area (Å²) in [5, 5.41) is 0. The highest BCUT2D eigenvalue weighted by Gasteiger charge is 2.27. The fraction of sp³-hybridized carbons (Fsp3) is 0.381. The Kier molecular flexibility index (Phi) is 6.04. The Morgan fingerprint density at radius 3 is 2.70 bits per heavy atom. The monoisotopic (exact) mass is 377 g/mol. The second-order valence-corrected chi connectivity index (χ2v) is 6.87. The van der Waals surface area contributed by atoms with Gasteiger partial charge in [0.05, 0.1) is 12.7 Å². The molecule has 0 radical (unpaired) electrons. The van der Waals surface area contributed by atoms with E-state index >= 15 is 0 Å². The molecule has 2 aromatic carbocycles. The molecule has 1 heterocycles. The van der Waals surface area contributed by atoms with Crippen LogP contribution in [0.15, 0.2) is 36.4 Å². The van der Waals surface area contributed by atoms with Crippen LogP contribution in [-0.2, 0) is 6.42 Å². The molecule has 1 fully saturated rings. The van der Waals surface area contributed by atoms with Gasteiger partial charge in [-0.1, -0.05) is 12.1 Å². The van der Waals surface area contributed by atoms with Crippen LogP contribution in [0.3, 0.4) is 0 Å². The number of piperidine rings is 1. The number of carbonyl (C=O) groups excluding carboxylic acids is 1. The lowest BCUT2D eigenvalue weighted by Crippen LogP contribution is -2.40. The molecular formula is C21H22F3NO2. The van der Waals surface area contributed by atoms with Gasteiger partial charge in [0.15, 0.2) is 23.2 Å². The standard InChI is InChI=1S/C21H22F3NO2/c1-27-20-16(5-2-6-18(20)23)21(26)25-11-3-4-15(13-25)8-7-14-9-10-17(22)19(24)12-14/h2,5-6,9-10,12,15H,3-4,7-8,11,13H2,1H3/t15-/m0/s1. The van der Waals surface area contributed by atoms with Gasteiger partial charge < -0.3 is 9.64 Å². The average Bonchev–Trinajstić information content (AvgIpc) is 2.68. The number of ether oxygens (including phenoxy) is 1. The van der Waals surface area contributed by atoms with E-state index in [1.807, 2.05) is 0 Å². The van der Waals surface area contributed by atoms with Crippen molar-refractivity contribution in [1.82, 2.24) is 4.90 Å². The Morgan fingerprint density at radius 1 is 1.15 bits per heavy atom. The van der Waals surface area contributed by atoms with E-state index in [9.17, 15) is 18.0 Å². The van der Waals surface area contributed by atoms with Crippen LogP contribution in [0, 0.1) is 23.4 Å². The number of nitrogens with zero attached hydrogens (tertiary/aromatic N) is 1. The van der Waals surface area contributed by atoms with Gasteiger partial charge in [-0.05, 0) is 61.4 Å². The minimum atomic E-state index is -0.850. The highest BCUT2D eigenvalue weighted by atomic mass is 19.2. The first-order valence-corrected chi connectivity index (χ1v) is 9.05. The third-order valence-electron chi connectivity index (χ3n) is 5.03.